The lowest BCUT2D eigenvalue weighted by Crippen LogP contribution is -2.17. The first kappa shape index (κ1) is 20.6. The molecule has 0 bridgehead atoms. The van der Waals surface area contributed by atoms with Gasteiger partial charge in [0.1, 0.15) is 5.75 Å². The molecule has 0 saturated heterocycles. The third kappa shape index (κ3) is 4.47. The molecule has 5 nitrogen and oxygen atoms in total. The van der Waals surface area contributed by atoms with Crippen LogP contribution < -0.4 is 10.2 Å². The highest BCUT2D eigenvalue weighted by Gasteiger charge is 2.11. The number of carbonyl (C=O) groups excluding carboxylic acids is 1. The maximum Gasteiger partial charge on any atom is 0.271 e. The molecule has 0 radical (unpaired) electrons. The van der Waals surface area contributed by atoms with Crippen LogP contribution in [0.3, 0.4) is 0 Å². The molecule has 0 unspecified atom stereocenters. The van der Waals surface area contributed by atoms with Crippen molar-refractivity contribution in [3.05, 3.63) is 79.1 Å². The van der Waals surface area contributed by atoms with Crippen LogP contribution in [0.15, 0.2) is 58.1 Å². The van der Waals surface area contributed by atoms with Crippen molar-refractivity contribution in [3.8, 4) is 11.4 Å². The fourth-order valence-electron chi connectivity index (χ4n) is 2.93. The number of hydrogen-bond donors (Lipinski definition) is 1. The van der Waals surface area contributed by atoms with Crippen LogP contribution in [-0.4, -0.2) is 23.8 Å². The minimum atomic E-state index is -0.285. The van der Waals surface area contributed by atoms with E-state index in [1.807, 2.05) is 38.1 Å². The van der Waals surface area contributed by atoms with Crippen LogP contribution in [0.5, 0.6) is 5.75 Å². The largest absolute Gasteiger partial charge is 0.496 e. The Morgan fingerprint density at radius 2 is 1.89 bits per heavy atom. The Kier molecular flexibility index (Phi) is 6.56. The van der Waals surface area contributed by atoms with Gasteiger partial charge in [0, 0.05) is 32.7 Å². The van der Waals surface area contributed by atoms with Crippen molar-refractivity contribution in [1.82, 2.24) is 9.99 Å². The molecule has 0 aliphatic rings. The van der Waals surface area contributed by atoms with Gasteiger partial charge in [-0.05, 0) is 85.0 Å². The molecule has 0 atom stereocenters. The van der Waals surface area contributed by atoms with E-state index in [0.29, 0.717) is 11.3 Å². The summed E-state index contributed by atoms with van der Waals surface area (Å²) < 4.78 is 9.39. The van der Waals surface area contributed by atoms with E-state index in [9.17, 15) is 4.79 Å². The molecule has 0 aliphatic carbocycles. The zero-order chi connectivity index (χ0) is 20.3. The smallest absolute Gasteiger partial charge is 0.271 e. The summed E-state index contributed by atoms with van der Waals surface area (Å²) in [7, 11) is 1.58. The van der Waals surface area contributed by atoms with Crippen molar-refractivity contribution in [2.75, 3.05) is 7.11 Å². The van der Waals surface area contributed by atoms with Crippen LogP contribution in [0, 0.1) is 17.4 Å². The van der Waals surface area contributed by atoms with E-state index in [0.717, 1.165) is 30.7 Å². The summed E-state index contributed by atoms with van der Waals surface area (Å²) in [6.07, 6.45) is 1.67. The maximum atomic E-state index is 12.3. The molecule has 0 aliphatic heterocycles. The molecule has 1 aromatic heterocycles. The minimum absolute atomic E-state index is 0.285. The molecular formula is C21H19BrIN3O2. The standard InChI is InChI=1S/C21H19BrIN3O2/c1-13-10-16(14(2)26(13)18-7-5-17(22)6-8-18)12-24-25-21(27)15-4-9-19(23)20(11-15)28-3/h4-12H,1-3H3,(H,25,27)/b24-12+. The van der Waals surface area contributed by atoms with Crippen molar-refractivity contribution in [2.45, 2.75) is 13.8 Å². The summed E-state index contributed by atoms with van der Waals surface area (Å²) in [6, 6.07) is 15.5. The highest BCUT2D eigenvalue weighted by atomic mass is 127. The summed E-state index contributed by atoms with van der Waals surface area (Å²) in [5.74, 6) is 0.378. The van der Waals surface area contributed by atoms with Crippen molar-refractivity contribution < 1.29 is 9.53 Å². The van der Waals surface area contributed by atoms with Crippen LogP contribution in [0.25, 0.3) is 5.69 Å². The second-order valence-corrected chi connectivity index (χ2v) is 8.26. The quantitative estimate of drug-likeness (QED) is 0.268. The van der Waals surface area contributed by atoms with Gasteiger partial charge in [0.05, 0.1) is 16.9 Å². The van der Waals surface area contributed by atoms with Gasteiger partial charge in [0.15, 0.2) is 0 Å². The number of nitrogens with zero attached hydrogens (tertiary/aromatic N) is 2. The van der Waals surface area contributed by atoms with E-state index in [-0.39, 0.29) is 5.91 Å². The first-order valence-electron chi connectivity index (χ1n) is 8.52. The van der Waals surface area contributed by atoms with Gasteiger partial charge < -0.3 is 9.30 Å². The Balaban J connectivity index is 1.77. The van der Waals surface area contributed by atoms with Crippen LogP contribution in [0.1, 0.15) is 27.3 Å². The number of methoxy groups -OCH3 is 1. The molecule has 1 heterocycles. The number of carbonyl (C=O) groups is 1. The van der Waals surface area contributed by atoms with Crippen LogP contribution in [0.2, 0.25) is 0 Å². The monoisotopic (exact) mass is 551 g/mol. The van der Waals surface area contributed by atoms with Gasteiger partial charge in [-0.15, -0.1) is 0 Å². The number of halogens is 2. The van der Waals surface area contributed by atoms with Crippen molar-refractivity contribution >= 4 is 50.6 Å². The Hall–Kier alpha value is -2.13. The van der Waals surface area contributed by atoms with E-state index >= 15 is 0 Å². The van der Waals surface area contributed by atoms with Gasteiger partial charge in [-0.3, -0.25) is 4.79 Å². The predicted octanol–water partition coefficient (Wildman–Crippen LogP) is 5.23. The molecule has 0 saturated carbocycles. The second-order valence-electron chi connectivity index (χ2n) is 6.19. The number of nitrogens with one attached hydrogen (secondary N) is 1. The molecule has 28 heavy (non-hydrogen) atoms. The molecule has 0 spiro atoms. The summed E-state index contributed by atoms with van der Waals surface area (Å²) in [5, 5.41) is 4.13. The van der Waals surface area contributed by atoms with Gasteiger partial charge >= 0.3 is 0 Å². The Morgan fingerprint density at radius 1 is 1.18 bits per heavy atom. The summed E-state index contributed by atoms with van der Waals surface area (Å²) in [5.41, 5.74) is 7.24. The highest BCUT2D eigenvalue weighted by molar-refractivity contribution is 14.1. The first-order valence-corrected chi connectivity index (χ1v) is 10.4. The summed E-state index contributed by atoms with van der Waals surface area (Å²) in [4.78, 5) is 12.3. The van der Waals surface area contributed by atoms with Crippen molar-refractivity contribution in [1.29, 1.82) is 0 Å². The van der Waals surface area contributed by atoms with E-state index in [2.05, 4.69) is 65.7 Å². The fraction of sp³-hybridized carbons (Fsp3) is 0.143. The molecular weight excluding hydrogens is 533 g/mol. The van der Waals surface area contributed by atoms with Gasteiger partial charge in [0.2, 0.25) is 0 Å². The number of ether oxygens (including phenoxy) is 1. The number of hydrazone groups is 1. The predicted molar refractivity (Wildman–Crippen MR) is 124 cm³/mol. The number of hydrogen-bond acceptors (Lipinski definition) is 3. The zero-order valence-electron chi connectivity index (χ0n) is 15.7. The SMILES string of the molecule is COc1cc(C(=O)N/N=C/c2cc(C)n(-c3ccc(Br)cc3)c2C)ccc1I. The van der Waals surface area contributed by atoms with E-state index in [1.54, 1.807) is 25.5 Å². The van der Waals surface area contributed by atoms with E-state index in [1.165, 1.54) is 0 Å². The zero-order valence-corrected chi connectivity index (χ0v) is 19.4. The average molecular weight is 552 g/mol. The first-order chi connectivity index (χ1) is 13.4. The molecule has 1 amide bonds. The van der Waals surface area contributed by atoms with Gasteiger partial charge in [-0.2, -0.15) is 5.10 Å². The number of rotatable bonds is 5. The van der Waals surface area contributed by atoms with Crippen LogP contribution in [0.4, 0.5) is 0 Å². The Labute approximate surface area is 186 Å². The topological polar surface area (TPSA) is 55.6 Å². The minimum Gasteiger partial charge on any atom is -0.496 e. The number of aryl methyl sites for hydroxylation is 1. The Bertz CT molecular complexity index is 1040. The van der Waals surface area contributed by atoms with Gasteiger partial charge in [-0.1, -0.05) is 15.9 Å². The molecule has 3 aromatic rings. The van der Waals surface area contributed by atoms with Crippen molar-refractivity contribution in [3.63, 3.8) is 0 Å². The molecule has 2 aromatic carbocycles. The lowest BCUT2D eigenvalue weighted by Gasteiger charge is -2.09. The second kappa shape index (κ2) is 8.91. The van der Waals surface area contributed by atoms with Gasteiger partial charge in [-0.25, -0.2) is 5.43 Å². The van der Waals surface area contributed by atoms with E-state index in [4.69, 9.17) is 4.74 Å². The lowest BCUT2D eigenvalue weighted by atomic mass is 10.2. The molecule has 1 N–H and O–H groups in total. The third-order valence-corrected chi connectivity index (χ3v) is 5.76. The lowest BCUT2D eigenvalue weighted by molar-refractivity contribution is 0.0954. The third-order valence-electron chi connectivity index (χ3n) is 4.34. The molecule has 3 rings (SSSR count). The average Bonchev–Trinajstić information content (AvgIpc) is 2.96. The molecule has 0 fully saturated rings. The maximum absolute atomic E-state index is 12.3. The highest BCUT2D eigenvalue weighted by Crippen LogP contribution is 2.22. The van der Waals surface area contributed by atoms with Gasteiger partial charge in [0.25, 0.3) is 5.91 Å². The fourth-order valence-corrected chi connectivity index (χ4v) is 3.75. The summed E-state index contributed by atoms with van der Waals surface area (Å²) >= 11 is 5.62. The number of benzene rings is 2. The van der Waals surface area contributed by atoms with Crippen molar-refractivity contribution in [2.24, 2.45) is 5.10 Å². The van der Waals surface area contributed by atoms with Crippen LogP contribution >= 0.6 is 38.5 Å². The number of aromatic nitrogens is 1. The van der Waals surface area contributed by atoms with E-state index < -0.39 is 0 Å². The molecule has 144 valence electrons. The Morgan fingerprint density at radius 3 is 2.57 bits per heavy atom. The number of amides is 1. The molecule has 7 heteroatoms. The normalized spacial score (nSPS) is 11.0. The van der Waals surface area contributed by atoms with Crippen LogP contribution in [-0.2, 0) is 0 Å². The summed E-state index contributed by atoms with van der Waals surface area (Å²) in [6.45, 7) is 4.07.